The Morgan fingerprint density at radius 2 is 1.96 bits per heavy atom. The van der Waals surface area contributed by atoms with Gasteiger partial charge < -0.3 is 0 Å². The van der Waals surface area contributed by atoms with Gasteiger partial charge in [0.1, 0.15) is 11.6 Å². The molecule has 1 N–H and O–H groups in total. The van der Waals surface area contributed by atoms with Gasteiger partial charge in [-0.05, 0) is 42.4 Å². The molecule has 7 nitrogen and oxygen atoms in total. The number of halogens is 2. The fourth-order valence-electron chi connectivity index (χ4n) is 4.90. The number of carbonyl (C=O) groups is 1. The van der Waals surface area contributed by atoms with E-state index in [0.29, 0.717) is 24.2 Å². The maximum absolute atomic E-state index is 13.6. The molecule has 1 aliphatic heterocycles. The highest BCUT2D eigenvalue weighted by atomic mass is 19.1. The van der Waals surface area contributed by atoms with Crippen LogP contribution in [0.15, 0.2) is 23.3 Å². The monoisotopic (exact) mass is 358 g/mol. The zero-order valence-corrected chi connectivity index (χ0v) is 13.8. The Bertz CT molecular complexity index is 872. The normalized spacial score (nSPS) is 31.6. The van der Waals surface area contributed by atoms with Gasteiger partial charge in [0.25, 0.3) is 0 Å². The second-order valence-corrected chi connectivity index (χ2v) is 7.72. The number of nitrogens with one attached hydrogen (secondary N) is 1. The lowest BCUT2D eigenvalue weighted by Crippen LogP contribution is -2.68. The van der Waals surface area contributed by atoms with Crippen molar-refractivity contribution in [1.82, 2.24) is 25.6 Å². The fraction of sp³-hybridized carbons (Fsp3) is 0.471. The van der Waals surface area contributed by atoms with Crippen LogP contribution in [0.1, 0.15) is 43.1 Å². The highest BCUT2D eigenvalue weighted by molar-refractivity contribution is 5.88. The Morgan fingerprint density at radius 3 is 2.62 bits per heavy atom. The molecular weight excluding hydrogens is 342 g/mol. The minimum Gasteiger partial charge on any atom is -0.272 e. The van der Waals surface area contributed by atoms with Gasteiger partial charge in [-0.1, -0.05) is 5.21 Å². The molecule has 4 aliphatic rings. The van der Waals surface area contributed by atoms with Crippen LogP contribution in [-0.4, -0.2) is 37.8 Å². The van der Waals surface area contributed by atoms with Crippen LogP contribution in [0.25, 0.3) is 0 Å². The van der Waals surface area contributed by atoms with E-state index in [1.165, 1.54) is 17.1 Å². The van der Waals surface area contributed by atoms with Crippen LogP contribution in [0.2, 0.25) is 0 Å². The summed E-state index contributed by atoms with van der Waals surface area (Å²) in [6, 6.07) is 2.91. The Balaban J connectivity index is 1.31. The number of nitrogens with zero attached hydrogens (tertiary/aromatic N) is 5. The van der Waals surface area contributed by atoms with Crippen molar-refractivity contribution in [3.8, 4) is 0 Å². The molecule has 0 saturated heterocycles. The van der Waals surface area contributed by atoms with Gasteiger partial charge in [-0.25, -0.2) is 13.8 Å². The third-order valence-corrected chi connectivity index (χ3v) is 5.82. The third-order valence-electron chi connectivity index (χ3n) is 5.82. The molecule has 3 saturated carbocycles. The quantitative estimate of drug-likeness (QED) is 0.907. The minimum atomic E-state index is -0.649. The molecule has 2 heterocycles. The summed E-state index contributed by atoms with van der Waals surface area (Å²) < 4.78 is 27.1. The van der Waals surface area contributed by atoms with Gasteiger partial charge in [0, 0.05) is 25.1 Å². The molecule has 1 aromatic carbocycles. The van der Waals surface area contributed by atoms with Gasteiger partial charge >= 0.3 is 0 Å². The number of hydrogen-bond acceptors (Lipinski definition) is 5. The van der Waals surface area contributed by atoms with E-state index in [1.54, 1.807) is 6.21 Å². The zero-order valence-electron chi connectivity index (χ0n) is 13.8. The van der Waals surface area contributed by atoms with Gasteiger partial charge in [0.05, 0.1) is 11.5 Å². The number of H-pyrrole nitrogens is 1. The summed E-state index contributed by atoms with van der Waals surface area (Å²) in [6.07, 6.45) is 5.10. The summed E-state index contributed by atoms with van der Waals surface area (Å²) in [7, 11) is 0. The van der Waals surface area contributed by atoms with Gasteiger partial charge in [-0.15, -0.1) is 10.2 Å². The Hall–Kier alpha value is -2.71. The number of tetrazole rings is 1. The summed E-state index contributed by atoms with van der Waals surface area (Å²) in [4.78, 5) is 13.1. The van der Waals surface area contributed by atoms with E-state index in [0.717, 1.165) is 25.3 Å². The molecule has 2 bridgehead atoms. The highest BCUT2D eigenvalue weighted by Gasteiger charge is 2.72. The number of hydrogen-bond donors (Lipinski definition) is 1. The molecular formula is C17H16F2N6O. The number of rotatable bonds is 4. The van der Waals surface area contributed by atoms with Crippen molar-refractivity contribution in [2.24, 2.45) is 15.9 Å². The predicted octanol–water partition coefficient (Wildman–Crippen LogP) is 2.15. The smallest absolute Gasteiger partial charge is 0.249 e. The number of hydrazone groups is 1. The molecule has 1 aromatic heterocycles. The predicted molar refractivity (Wildman–Crippen MR) is 85.7 cm³/mol. The molecule has 9 heteroatoms. The summed E-state index contributed by atoms with van der Waals surface area (Å²) in [6.45, 7) is 0. The number of benzene rings is 1. The van der Waals surface area contributed by atoms with Crippen LogP contribution >= 0.6 is 0 Å². The van der Waals surface area contributed by atoms with Gasteiger partial charge in [-0.3, -0.25) is 4.79 Å². The van der Waals surface area contributed by atoms with E-state index in [9.17, 15) is 13.6 Å². The molecule has 6 rings (SSSR count). The minimum absolute atomic E-state index is 0.0593. The fourth-order valence-corrected chi connectivity index (χ4v) is 4.90. The first-order valence-corrected chi connectivity index (χ1v) is 8.53. The first-order valence-electron chi connectivity index (χ1n) is 8.53. The maximum Gasteiger partial charge on any atom is 0.249 e. The van der Waals surface area contributed by atoms with Crippen molar-refractivity contribution in [1.29, 1.82) is 0 Å². The maximum atomic E-state index is 13.6. The van der Waals surface area contributed by atoms with Crippen LogP contribution in [-0.2, 0) is 11.2 Å². The van der Waals surface area contributed by atoms with Crippen LogP contribution in [0.4, 0.5) is 8.78 Å². The third kappa shape index (κ3) is 2.19. The summed E-state index contributed by atoms with van der Waals surface area (Å²) >= 11 is 0. The Labute approximate surface area is 147 Å². The number of aromatic amines is 1. The van der Waals surface area contributed by atoms with Crippen LogP contribution in [0.3, 0.4) is 0 Å². The molecule has 2 aromatic rings. The van der Waals surface area contributed by atoms with E-state index in [-0.39, 0.29) is 11.3 Å². The van der Waals surface area contributed by atoms with E-state index >= 15 is 0 Å². The molecule has 3 aliphatic carbocycles. The average molecular weight is 358 g/mol. The molecule has 0 radical (unpaired) electrons. The SMILES string of the molecule is O=C(N1N=CCC1c1cc(F)cc(F)c1)C12CC(Cc3nn[nH]n3)(C1)C2. The van der Waals surface area contributed by atoms with E-state index in [1.807, 2.05) is 0 Å². The molecule has 26 heavy (non-hydrogen) atoms. The Kier molecular flexibility index (Phi) is 3.08. The first-order chi connectivity index (χ1) is 12.5. The second-order valence-electron chi connectivity index (χ2n) is 7.72. The number of carbonyl (C=O) groups excluding carboxylic acids is 1. The topological polar surface area (TPSA) is 87.1 Å². The van der Waals surface area contributed by atoms with E-state index in [4.69, 9.17) is 0 Å². The van der Waals surface area contributed by atoms with Crippen molar-refractivity contribution < 1.29 is 13.6 Å². The van der Waals surface area contributed by atoms with Gasteiger partial charge in [-0.2, -0.15) is 10.3 Å². The molecule has 1 unspecified atom stereocenters. The van der Waals surface area contributed by atoms with Crippen molar-refractivity contribution in [2.45, 2.75) is 38.1 Å². The van der Waals surface area contributed by atoms with Gasteiger partial charge in [0.15, 0.2) is 5.82 Å². The summed E-state index contributed by atoms with van der Waals surface area (Å²) in [5.74, 6) is -0.693. The molecule has 1 atom stereocenters. The van der Waals surface area contributed by atoms with Crippen LogP contribution < -0.4 is 0 Å². The standard InChI is InChI=1S/C17H16F2N6O/c18-11-3-10(4-12(19)5-11)13-1-2-20-25(13)15(26)17-7-16(8-17,9-17)6-14-21-23-24-22-14/h2-5,13H,1,6-9H2,(H,21,22,23,24). The number of amides is 1. The van der Waals surface area contributed by atoms with Crippen LogP contribution in [0, 0.1) is 22.5 Å². The van der Waals surface area contributed by atoms with Crippen LogP contribution in [0.5, 0.6) is 0 Å². The molecule has 134 valence electrons. The lowest BCUT2D eigenvalue weighted by Gasteiger charge is -2.69. The highest BCUT2D eigenvalue weighted by Crippen LogP contribution is 2.75. The van der Waals surface area contributed by atoms with Crippen molar-refractivity contribution in [2.75, 3.05) is 0 Å². The largest absolute Gasteiger partial charge is 0.272 e. The zero-order chi connectivity index (χ0) is 17.9. The number of aromatic nitrogens is 4. The average Bonchev–Trinajstić information content (AvgIpc) is 3.19. The lowest BCUT2D eigenvalue weighted by molar-refractivity contribution is -0.218. The molecule has 1 amide bonds. The first kappa shape index (κ1) is 15.5. The summed E-state index contributed by atoms with van der Waals surface area (Å²) in [5.41, 5.74) is 0.0975. The Morgan fingerprint density at radius 1 is 1.23 bits per heavy atom. The molecule has 0 spiro atoms. The van der Waals surface area contributed by atoms with Crippen molar-refractivity contribution >= 4 is 12.1 Å². The lowest BCUT2D eigenvalue weighted by atomic mass is 9.34. The van der Waals surface area contributed by atoms with Crippen molar-refractivity contribution in [3.63, 3.8) is 0 Å². The van der Waals surface area contributed by atoms with E-state index in [2.05, 4.69) is 25.7 Å². The van der Waals surface area contributed by atoms with Gasteiger partial charge in [0.2, 0.25) is 5.91 Å². The molecule has 3 fully saturated rings. The second kappa shape index (κ2) is 5.15. The van der Waals surface area contributed by atoms with E-state index < -0.39 is 23.1 Å². The summed E-state index contributed by atoms with van der Waals surface area (Å²) in [5, 5.41) is 19.6. The van der Waals surface area contributed by atoms with Crippen molar-refractivity contribution in [3.05, 3.63) is 41.2 Å².